The van der Waals surface area contributed by atoms with Crippen molar-refractivity contribution in [2.24, 2.45) is 11.8 Å². The highest BCUT2D eigenvalue weighted by atomic mass is 16.4. The third-order valence-corrected chi connectivity index (χ3v) is 4.27. The molecule has 1 aliphatic rings. The summed E-state index contributed by atoms with van der Waals surface area (Å²) in [5.74, 6) is -0.620. The Kier molecular flexibility index (Phi) is 6.89. The maximum absolute atomic E-state index is 11.7. The molecule has 0 aliphatic heterocycles. The Balaban J connectivity index is 2.15. The highest BCUT2D eigenvalue weighted by Gasteiger charge is 2.21. The van der Waals surface area contributed by atoms with E-state index >= 15 is 0 Å². The average Bonchev–Trinajstić information content (AvgIpc) is 2.38. The highest BCUT2D eigenvalue weighted by Crippen LogP contribution is 2.27. The Labute approximate surface area is 116 Å². The quantitative estimate of drug-likeness (QED) is 0.746. The first-order valence-electron chi connectivity index (χ1n) is 7.53. The van der Waals surface area contributed by atoms with Crippen LogP contribution in [0.5, 0.6) is 0 Å². The van der Waals surface area contributed by atoms with Crippen LogP contribution < -0.4 is 5.32 Å². The predicted octanol–water partition coefficient (Wildman–Crippen LogP) is 2.96. The van der Waals surface area contributed by atoms with Gasteiger partial charge in [0, 0.05) is 12.5 Å². The monoisotopic (exact) mass is 269 g/mol. The molecule has 0 spiro atoms. The Bertz CT molecular complexity index is 298. The molecule has 110 valence electrons. The fraction of sp³-hybridized carbons (Fsp3) is 0.867. The minimum absolute atomic E-state index is 0.0172. The van der Waals surface area contributed by atoms with Crippen LogP contribution in [0.1, 0.15) is 65.2 Å². The summed E-state index contributed by atoms with van der Waals surface area (Å²) in [6.45, 7) is 3.37. The molecule has 1 aliphatic carbocycles. The van der Waals surface area contributed by atoms with Crippen LogP contribution in [0.4, 0.5) is 0 Å². The second-order valence-electron chi connectivity index (χ2n) is 5.88. The number of carboxylic acid groups (broad SMARTS) is 1. The topological polar surface area (TPSA) is 66.4 Å². The van der Waals surface area contributed by atoms with Crippen molar-refractivity contribution in [3.63, 3.8) is 0 Å². The summed E-state index contributed by atoms with van der Waals surface area (Å²) in [5, 5.41) is 11.6. The summed E-state index contributed by atoms with van der Waals surface area (Å²) >= 11 is 0. The van der Waals surface area contributed by atoms with Gasteiger partial charge >= 0.3 is 5.97 Å². The standard InChI is InChI=1S/C15H27NO3/c1-11(15(18)19)12(2)16-14(17)10-6-9-13-7-4-3-5-8-13/h11-13H,3-10H2,1-2H3,(H,16,17)(H,18,19). The van der Waals surface area contributed by atoms with Crippen LogP contribution in [0.25, 0.3) is 0 Å². The van der Waals surface area contributed by atoms with Gasteiger partial charge in [0.1, 0.15) is 0 Å². The molecular weight excluding hydrogens is 242 g/mol. The van der Waals surface area contributed by atoms with E-state index in [1.165, 1.54) is 32.1 Å². The fourth-order valence-corrected chi connectivity index (χ4v) is 2.69. The molecule has 0 heterocycles. The van der Waals surface area contributed by atoms with Crippen molar-refractivity contribution in [1.82, 2.24) is 5.32 Å². The molecule has 4 heteroatoms. The van der Waals surface area contributed by atoms with E-state index in [-0.39, 0.29) is 11.9 Å². The lowest BCUT2D eigenvalue weighted by atomic mass is 9.86. The summed E-state index contributed by atoms with van der Waals surface area (Å²) in [6.07, 6.45) is 9.24. The van der Waals surface area contributed by atoms with Crippen LogP contribution in [0.2, 0.25) is 0 Å². The SMILES string of the molecule is CC(NC(=O)CCCC1CCCCC1)C(C)C(=O)O. The Morgan fingerprint density at radius 1 is 1.21 bits per heavy atom. The van der Waals surface area contributed by atoms with E-state index in [0.717, 1.165) is 18.8 Å². The van der Waals surface area contributed by atoms with Gasteiger partial charge in [-0.15, -0.1) is 0 Å². The van der Waals surface area contributed by atoms with Crippen LogP contribution in [-0.4, -0.2) is 23.0 Å². The lowest BCUT2D eigenvalue weighted by Gasteiger charge is -2.21. The maximum Gasteiger partial charge on any atom is 0.308 e. The second-order valence-corrected chi connectivity index (χ2v) is 5.88. The molecule has 1 rings (SSSR count). The molecule has 4 nitrogen and oxygen atoms in total. The molecular formula is C15H27NO3. The van der Waals surface area contributed by atoms with Gasteiger partial charge in [0.05, 0.1) is 5.92 Å². The van der Waals surface area contributed by atoms with Crippen molar-refractivity contribution < 1.29 is 14.7 Å². The van der Waals surface area contributed by atoms with E-state index in [1.54, 1.807) is 13.8 Å². The molecule has 0 aromatic rings. The van der Waals surface area contributed by atoms with Crippen LogP contribution in [0, 0.1) is 11.8 Å². The lowest BCUT2D eigenvalue weighted by Crippen LogP contribution is -2.39. The minimum Gasteiger partial charge on any atom is -0.481 e. The van der Waals surface area contributed by atoms with E-state index in [1.807, 2.05) is 0 Å². The van der Waals surface area contributed by atoms with Crippen molar-refractivity contribution >= 4 is 11.9 Å². The summed E-state index contributed by atoms with van der Waals surface area (Å²) in [5.41, 5.74) is 0. The number of carbonyl (C=O) groups excluding carboxylic acids is 1. The van der Waals surface area contributed by atoms with Gasteiger partial charge in [-0.3, -0.25) is 9.59 Å². The number of carbonyl (C=O) groups is 2. The van der Waals surface area contributed by atoms with Gasteiger partial charge in [-0.2, -0.15) is 0 Å². The first-order chi connectivity index (χ1) is 9.00. The summed E-state index contributed by atoms with van der Waals surface area (Å²) < 4.78 is 0. The van der Waals surface area contributed by atoms with Gasteiger partial charge in [-0.1, -0.05) is 32.1 Å². The zero-order valence-electron chi connectivity index (χ0n) is 12.2. The van der Waals surface area contributed by atoms with Crippen molar-refractivity contribution in [3.8, 4) is 0 Å². The van der Waals surface area contributed by atoms with Gasteiger partial charge in [0.25, 0.3) is 0 Å². The van der Waals surface area contributed by atoms with Crippen molar-refractivity contribution in [1.29, 1.82) is 0 Å². The van der Waals surface area contributed by atoms with Gasteiger partial charge < -0.3 is 10.4 Å². The normalized spacial score (nSPS) is 19.7. The average molecular weight is 269 g/mol. The molecule has 19 heavy (non-hydrogen) atoms. The molecule has 0 radical (unpaired) electrons. The summed E-state index contributed by atoms with van der Waals surface area (Å²) in [7, 11) is 0. The molecule has 1 amide bonds. The molecule has 0 aromatic carbocycles. The van der Waals surface area contributed by atoms with Crippen molar-refractivity contribution in [3.05, 3.63) is 0 Å². The van der Waals surface area contributed by atoms with Crippen molar-refractivity contribution in [2.45, 2.75) is 71.3 Å². The molecule has 1 fully saturated rings. The molecule has 0 saturated heterocycles. The van der Waals surface area contributed by atoms with Crippen LogP contribution >= 0.6 is 0 Å². The van der Waals surface area contributed by atoms with Gasteiger partial charge in [-0.25, -0.2) is 0 Å². The van der Waals surface area contributed by atoms with Crippen LogP contribution in [-0.2, 0) is 9.59 Å². The molecule has 0 bridgehead atoms. The number of amides is 1. The van der Waals surface area contributed by atoms with Crippen LogP contribution in [0.15, 0.2) is 0 Å². The van der Waals surface area contributed by atoms with E-state index in [4.69, 9.17) is 5.11 Å². The van der Waals surface area contributed by atoms with Crippen molar-refractivity contribution in [2.75, 3.05) is 0 Å². The number of carboxylic acids is 1. The smallest absolute Gasteiger partial charge is 0.308 e. The number of hydrogen-bond acceptors (Lipinski definition) is 2. The Hall–Kier alpha value is -1.06. The summed E-state index contributed by atoms with van der Waals surface area (Å²) in [4.78, 5) is 22.5. The zero-order valence-corrected chi connectivity index (χ0v) is 12.2. The second kappa shape index (κ2) is 8.18. The van der Waals surface area contributed by atoms with E-state index < -0.39 is 11.9 Å². The van der Waals surface area contributed by atoms with Gasteiger partial charge in [-0.05, 0) is 32.6 Å². The number of nitrogens with one attached hydrogen (secondary N) is 1. The zero-order chi connectivity index (χ0) is 14.3. The van der Waals surface area contributed by atoms with E-state index in [0.29, 0.717) is 6.42 Å². The first kappa shape index (κ1) is 16.0. The molecule has 2 N–H and O–H groups in total. The third-order valence-electron chi connectivity index (χ3n) is 4.27. The molecule has 0 aromatic heterocycles. The van der Waals surface area contributed by atoms with E-state index in [2.05, 4.69) is 5.32 Å². The van der Waals surface area contributed by atoms with E-state index in [9.17, 15) is 9.59 Å². The highest BCUT2D eigenvalue weighted by molar-refractivity contribution is 5.77. The fourth-order valence-electron chi connectivity index (χ4n) is 2.69. The number of rotatable bonds is 7. The Morgan fingerprint density at radius 2 is 1.84 bits per heavy atom. The van der Waals surface area contributed by atoms with Gasteiger partial charge in [0.2, 0.25) is 5.91 Å². The maximum atomic E-state index is 11.7. The number of aliphatic carboxylic acids is 1. The lowest BCUT2D eigenvalue weighted by molar-refractivity contribution is -0.142. The molecule has 1 saturated carbocycles. The number of hydrogen-bond donors (Lipinski definition) is 2. The third kappa shape index (κ3) is 6.08. The first-order valence-corrected chi connectivity index (χ1v) is 7.53. The molecule has 2 unspecified atom stereocenters. The predicted molar refractivity (Wildman–Crippen MR) is 74.8 cm³/mol. The summed E-state index contributed by atoms with van der Waals surface area (Å²) in [6, 6.07) is -0.306. The largest absolute Gasteiger partial charge is 0.481 e. The molecule has 2 atom stereocenters. The Morgan fingerprint density at radius 3 is 2.42 bits per heavy atom. The minimum atomic E-state index is -0.866. The van der Waals surface area contributed by atoms with Crippen LogP contribution in [0.3, 0.4) is 0 Å². The van der Waals surface area contributed by atoms with Gasteiger partial charge in [0.15, 0.2) is 0 Å².